The lowest BCUT2D eigenvalue weighted by atomic mass is 10.2. The molecule has 8 heteroatoms. The number of hydrogen-bond acceptors (Lipinski definition) is 6. The number of benzene rings is 3. The van der Waals surface area contributed by atoms with E-state index in [0.717, 1.165) is 10.9 Å². The van der Waals surface area contributed by atoms with Gasteiger partial charge in [0.25, 0.3) is 5.56 Å². The number of nitrogens with two attached hydrogens (primary N) is 1. The molecule has 32 heavy (non-hydrogen) atoms. The highest BCUT2D eigenvalue weighted by Crippen LogP contribution is 2.26. The summed E-state index contributed by atoms with van der Waals surface area (Å²) < 4.78 is 15.7. The Morgan fingerprint density at radius 2 is 1.62 bits per heavy atom. The molecule has 158 valence electrons. The Labute approximate surface area is 187 Å². The van der Waals surface area contributed by atoms with Crippen LogP contribution in [0.2, 0.25) is 0 Å². The van der Waals surface area contributed by atoms with Crippen LogP contribution in [0.4, 0.5) is 10.2 Å². The van der Waals surface area contributed by atoms with E-state index < -0.39 is 0 Å². The number of thioether (sulfide) groups is 1. The highest BCUT2D eigenvalue weighted by molar-refractivity contribution is 7.98. The smallest absolute Gasteiger partial charge is 0.266 e. The molecule has 2 N–H and O–H groups in total. The highest BCUT2D eigenvalue weighted by Gasteiger charge is 2.15. The molecule has 0 aliphatic rings. The monoisotopic (exact) mass is 443 g/mol. The molecule has 2 heterocycles. The first-order valence-electron chi connectivity index (χ1n) is 9.93. The number of hydrogen-bond donors (Lipinski definition) is 1. The summed E-state index contributed by atoms with van der Waals surface area (Å²) in [6.45, 7) is 1.68. The van der Waals surface area contributed by atoms with E-state index in [1.165, 1.54) is 22.4 Å². The molecule has 0 saturated heterocycles. The van der Waals surface area contributed by atoms with Gasteiger partial charge in [0.1, 0.15) is 17.5 Å². The summed E-state index contributed by atoms with van der Waals surface area (Å²) in [6.07, 6.45) is 0. The molecule has 0 atom stereocenters. The van der Waals surface area contributed by atoms with E-state index in [-0.39, 0.29) is 11.4 Å². The van der Waals surface area contributed by atoms with Crippen LogP contribution >= 0.6 is 11.8 Å². The van der Waals surface area contributed by atoms with Crippen molar-refractivity contribution in [2.24, 2.45) is 0 Å². The standard InChI is InChI=1S/C24H18FN5OS/c1-14-10-11-15(12-18(14)25)30-23(31)17-7-3-5-9-20(17)28-24(30)32-13-21-27-19-8-4-2-6-16(19)22(26)29-21/h2-12H,13H2,1H3,(H2,26,27,29). The van der Waals surface area contributed by atoms with Gasteiger partial charge in [0.2, 0.25) is 0 Å². The van der Waals surface area contributed by atoms with E-state index in [9.17, 15) is 9.18 Å². The highest BCUT2D eigenvalue weighted by atomic mass is 32.2. The summed E-state index contributed by atoms with van der Waals surface area (Å²) in [5, 5.41) is 1.67. The Kier molecular flexibility index (Phi) is 5.07. The topological polar surface area (TPSA) is 86.7 Å². The van der Waals surface area contributed by atoms with Crippen LogP contribution in [0.3, 0.4) is 0 Å². The second-order valence-corrected chi connectivity index (χ2v) is 8.26. The summed E-state index contributed by atoms with van der Waals surface area (Å²) >= 11 is 1.30. The number of nitrogen functional groups attached to an aromatic ring is 1. The van der Waals surface area contributed by atoms with Gasteiger partial charge in [-0.05, 0) is 48.9 Å². The molecule has 0 aliphatic carbocycles. The third-order valence-electron chi connectivity index (χ3n) is 5.17. The fraction of sp³-hybridized carbons (Fsp3) is 0.0833. The molecule has 0 amide bonds. The Balaban J connectivity index is 1.61. The summed E-state index contributed by atoms with van der Waals surface area (Å²) in [5.74, 6) is 0.879. The van der Waals surface area contributed by atoms with Crippen molar-refractivity contribution in [2.75, 3.05) is 5.73 Å². The molecule has 6 nitrogen and oxygen atoms in total. The van der Waals surface area contributed by atoms with Crippen molar-refractivity contribution in [3.8, 4) is 5.69 Å². The number of nitrogens with zero attached hydrogens (tertiary/aromatic N) is 4. The molecule has 0 bridgehead atoms. The summed E-state index contributed by atoms with van der Waals surface area (Å²) in [4.78, 5) is 27.0. The van der Waals surface area contributed by atoms with Crippen LogP contribution in [-0.4, -0.2) is 19.5 Å². The number of fused-ring (bicyclic) bond motifs is 2. The number of anilines is 1. The summed E-state index contributed by atoms with van der Waals surface area (Å²) in [6, 6.07) is 19.3. The molecular weight excluding hydrogens is 425 g/mol. The predicted octanol–water partition coefficient (Wildman–Crippen LogP) is 4.65. The van der Waals surface area contributed by atoms with Crippen molar-refractivity contribution in [1.29, 1.82) is 0 Å². The second kappa shape index (κ2) is 8.05. The molecule has 3 aromatic carbocycles. The minimum atomic E-state index is -0.385. The maximum absolute atomic E-state index is 14.3. The van der Waals surface area contributed by atoms with Gasteiger partial charge in [0, 0.05) is 5.39 Å². The fourth-order valence-corrected chi connectivity index (χ4v) is 4.37. The van der Waals surface area contributed by atoms with Crippen LogP contribution in [-0.2, 0) is 5.75 Å². The van der Waals surface area contributed by atoms with Gasteiger partial charge in [-0.3, -0.25) is 9.36 Å². The maximum Gasteiger partial charge on any atom is 0.266 e. The van der Waals surface area contributed by atoms with E-state index in [4.69, 9.17) is 5.73 Å². The normalized spacial score (nSPS) is 11.3. The Bertz CT molecular complexity index is 1550. The van der Waals surface area contributed by atoms with Gasteiger partial charge in [-0.15, -0.1) is 0 Å². The van der Waals surface area contributed by atoms with E-state index in [0.29, 0.717) is 44.7 Å². The van der Waals surface area contributed by atoms with E-state index >= 15 is 0 Å². The van der Waals surface area contributed by atoms with Gasteiger partial charge in [-0.2, -0.15) is 0 Å². The van der Waals surface area contributed by atoms with Crippen molar-refractivity contribution < 1.29 is 4.39 Å². The lowest BCUT2D eigenvalue weighted by Crippen LogP contribution is -2.22. The predicted molar refractivity (Wildman–Crippen MR) is 126 cm³/mol. The molecule has 0 radical (unpaired) electrons. The first-order chi connectivity index (χ1) is 15.5. The third kappa shape index (κ3) is 3.58. The SMILES string of the molecule is Cc1ccc(-n2c(SCc3nc(N)c4ccccc4n3)nc3ccccc3c2=O)cc1F. The van der Waals surface area contributed by atoms with Gasteiger partial charge in [0.05, 0.1) is 27.9 Å². The zero-order valence-electron chi connectivity index (χ0n) is 17.1. The van der Waals surface area contributed by atoms with Gasteiger partial charge in [0.15, 0.2) is 5.16 Å². The third-order valence-corrected chi connectivity index (χ3v) is 6.10. The summed E-state index contributed by atoms with van der Waals surface area (Å²) in [5.41, 5.74) is 8.08. The van der Waals surface area contributed by atoms with Crippen molar-refractivity contribution in [1.82, 2.24) is 19.5 Å². The Morgan fingerprint density at radius 3 is 2.38 bits per heavy atom. The zero-order valence-corrected chi connectivity index (χ0v) is 17.9. The molecular formula is C24H18FN5OS. The largest absolute Gasteiger partial charge is 0.383 e. The second-order valence-electron chi connectivity index (χ2n) is 7.32. The molecule has 0 saturated carbocycles. The van der Waals surface area contributed by atoms with Crippen LogP contribution in [0.15, 0.2) is 76.7 Å². The van der Waals surface area contributed by atoms with Crippen molar-refractivity contribution in [3.05, 3.63) is 94.3 Å². The van der Waals surface area contributed by atoms with Crippen LogP contribution < -0.4 is 11.3 Å². The minimum absolute atomic E-state index is 0.264. The lowest BCUT2D eigenvalue weighted by molar-refractivity contribution is 0.615. The molecule has 2 aromatic heterocycles. The average Bonchev–Trinajstić information content (AvgIpc) is 2.80. The van der Waals surface area contributed by atoms with Gasteiger partial charge in [-0.25, -0.2) is 19.3 Å². The zero-order chi connectivity index (χ0) is 22.2. The van der Waals surface area contributed by atoms with Crippen LogP contribution in [0.1, 0.15) is 11.4 Å². The van der Waals surface area contributed by atoms with Gasteiger partial charge >= 0.3 is 0 Å². The van der Waals surface area contributed by atoms with Gasteiger partial charge < -0.3 is 5.73 Å². The first kappa shape index (κ1) is 20.1. The molecule has 0 fully saturated rings. The molecule has 0 spiro atoms. The quantitative estimate of drug-likeness (QED) is 0.321. The van der Waals surface area contributed by atoms with E-state index in [1.54, 1.807) is 37.3 Å². The molecule has 5 aromatic rings. The number of aryl methyl sites for hydroxylation is 1. The number of halogens is 1. The number of rotatable bonds is 4. The molecule has 0 aliphatic heterocycles. The Hall–Kier alpha value is -3.78. The average molecular weight is 444 g/mol. The summed E-state index contributed by atoms with van der Waals surface area (Å²) in [7, 11) is 0. The molecule has 5 rings (SSSR count). The lowest BCUT2D eigenvalue weighted by Gasteiger charge is -2.14. The van der Waals surface area contributed by atoms with Crippen molar-refractivity contribution in [3.63, 3.8) is 0 Å². The van der Waals surface area contributed by atoms with Crippen LogP contribution in [0, 0.1) is 12.7 Å². The number of para-hydroxylation sites is 2. The molecule has 0 unspecified atom stereocenters. The minimum Gasteiger partial charge on any atom is -0.383 e. The van der Waals surface area contributed by atoms with Crippen molar-refractivity contribution in [2.45, 2.75) is 17.8 Å². The fourth-order valence-electron chi connectivity index (χ4n) is 3.50. The maximum atomic E-state index is 14.3. The van der Waals surface area contributed by atoms with E-state index in [1.807, 2.05) is 30.3 Å². The number of aromatic nitrogens is 4. The van der Waals surface area contributed by atoms with Gasteiger partial charge in [-0.1, -0.05) is 42.1 Å². The first-order valence-corrected chi connectivity index (χ1v) is 10.9. The van der Waals surface area contributed by atoms with E-state index in [2.05, 4.69) is 15.0 Å². The Morgan fingerprint density at radius 1 is 0.938 bits per heavy atom. The van der Waals surface area contributed by atoms with Crippen molar-refractivity contribution >= 4 is 39.4 Å². The van der Waals surface area contributed by atoms with Crippen LogP contribution in [0.5, 0.6) is 0 Å². The van der Waals surface area contributed by atoms with Crippen LogP contribution in [0.25, 0.3) is 27.5 Å².